The molecule has 0 amide bonds. The van der Waals surface area contributed by atoms with Crippen LogP contribution < -0.4 is 0 Å². The molecular weight excluding hydrogens is 490 g/mol. The van der Waals surface area contributed by atoms with Crippen LogP contribution in [0.3, 0.4) is 0 Å². The zero-order chi connectivity index (χ0) is 24.8. The first-order chi connectivity index (χ1) is 16.6. The van der Waals surface area contributed by atoms with Crippen LogP contribution in [0.15, 0.2) is 89.4 Å². The van der Waals surface area contributed by atoms with Crippen molar-refractivity contribution in [2.75, 3.05) is 0 Å². The molecule has 0 N–H and O–H groups in total. The Morgan fingerprint density at radius 1 is 0.600 bits per heavy atom. The van der Waals surface area contributed by atoms with E-state index in [0.29, 0.717) is 0 Å². The normalized spacial score (nSPS) is 17.7. The minimum absolute atomic E-state index is 0.0751. The van der Waals surface area contributed by atoms with Crippen LogP contribution in [0, 0.1) is 5.41 Å². The molecule has 6 rings (SSSR count). The first-order valence-corrected chi connectivity index (χ1v) is 13.3. The minimum atomic E-state index is 0.0751. The molecule has 0 radical (unpaired) electrons. The summed E-state index contributed by atoms with van der Waals surface area (Å²) < 4.78 is 3.56. The third kappa shape index (κ3) is 2.93. The minimum Gasteiger partial charge on any atom is -0.309 e. The van der Waals surface area contributed by atoms with E-state index in [4.69, 9.17) is 0 Å². The first-order valence-electron chi connectivity index (χ1n) is 12.5. The van der Waals surface area contributed by atoms with Gasteiger partial charge in [0, 0.05) is 20.9 Å². The average molecular weight is 523 g/mol. The molecule has 0 spiro atoms. The Morgan fingerprint density at radius 2 is 1.14 bits per heavy atom. The van der Waals surface area contributed by atoms with Gasteiger partial charge in [-0.15, -0.1) is 0 Å². The average Bonchev–Trinajstić information content (AvgIpc) is 3.22. The fraction of sp³-hybridized carbons (Fsp3) is 0.273. The fourth-order valence-electron chi connectivity index (χ4n) is 6.30. The molecule has 1 heterocycles. The second-order valence-electron chi connectivity index (χ2n) is 11.7. The molecule has 0 fully saturated rings. The summed E-state index contributed by atoms with van der Waals surface area (Å²) in [7, 11) is 0. The first kappa shape index (κ1) is 22.6. The van der Waals surface area contributed by atoms with Crippen molar-refractivity contribution in [1.29, 1.82) is 0 Å². The van der Waals surface area contributed by atoms with Gasteiger partial charge in [-0.3, -0.25) is 0 Å². The third-order valence-corrected chi connectivity index (χ3v) is 10.2. The summed E-state index contributed by atoms with van der Waals surface area (Å²) in [4.78, 5) is 0. The second-order valence-corrected chi connectivity index (χ2v) is 12.5. The molecule has 4 aromatic carbocycles. The van der Waals surface area contributed by atoms with E-state index < -0.39 is 0 Å². The van der Waals surface area contributed by atoms with E-state index >= 15 is 0 Å². The van der Waals surface area contributed by atoms with Crippen molar-refractivity contribution in [3.05, 3.63) is 101 Å². The monoisotopic (exact) mass is 521 g/mol. The summed E-state index contributed by atoms with van der Waals surface area (Å²) in [5, 5.41) is 2.58. The number of rotatable bonds is 2. The quantitative estimate of drug-likeness (QED) is 0.217. The van der Waals surface area contributed by atoms with E-state index in [9.17, 15) is 0 Å². The number of fused-ring (bicyclic) bond motifs is 4. The highest BCUT2D eigenvalue weighted by Crippen LogP contribution is 2.62. The van der Waals surface area contributed by atoms with E-state index in [1.54, 1.807) is 0 Å². The van der Waals surface area contributed by atoms with Gasteiger partial charge in [0.1, 0.15) is 0 Å². The Hall–Kier alpha value is -2.84. The van der Waals surface area contributed by atoms with E-state index in [2.05, 4.69) is 147 Å². The lowest BCUT2D eigenvalue weighted by molar-refractivity contribution is 0.125. The van der Waals surface area contributed by atoms with Crippen molar-refractivity contribution in [3.8, 4) is 16.8 Å². The van der Waals surface area contributed by atoms with E-state index in [1.807, 2.05) is 0 Å². The number of aromatic nitrogens is 1. The van der Waals surface area contributed by atoms with Gasteiger partial charge in [-0.05, 0) is 74.9 Å². The number of nitrogens with zero attached hydrogens (tertiary/aromatic N) is 1. The maximum absolute atomic E-state index is 3.96. The van der Waals surface area contributed by atoms with Crippen LogP contribution in [-0.2, 0) is 10.8 Å². The molecule has 0 bridgehead atoms. The van der Waals surface area contributed by atoms with Gasteiger partial charge in [0.05, 0.1) is 11.0 Å². The molecule has 1 aliphatic carbocycles. The van der Waals surface area contributed by atoms with Crippen LogP contribution in [0.2, 0.25) is 0 Å². The number of para-hydroxylation sites is 2. The highest BCUT2D eigenvalue weighted by Gasteiger charge is 2.56. The van der Waals surface area contributed by atoms with Crippen molar-refractivity contribution in [2.24, 2.45) is 5.41 Å². The molecule has 1 aromatic heterocycles. The maximum Gasteiger partial charge on any atom is 0.0541 e. The summed E-state index contributed by atoms with van der Waals surface area (Å²) in [6, 6.07) is 31.2. The van der Waals surface area contributed by atoms with E-state index in [1.165, 1.54) is 49.7 Å². The summed E-state index contributed by atoms with van der Waals surface area (Å²) in [5.74, 6) is 0. The van der Waals surface area contributed by atoms with Gasteiger partial charge < -0.3 is 4.57 Å². The SMILES string of the molecule is CC1(C)c2cc(Br)c(-c3cccc(-n4c5ccccc5c5ccccc54)c3)cc2C(C)(C)C1(C)C. The lowest BCUT2D eigenvalue weighted by Gasteiger charge is -2.44. The van der Waals surface area contributed by atoms with Gasteiger partial charge >= 0.3 is 0 Å². The predicted molar refractivity (Wildman–Crippen MR) is 154 cm³/mol. The van der Waals surface area contributed by atoms with Crippen molar-refractivity contribution >= 4 is 37.7 Å². The van der Waals surface area contributed by atoms with Gasteiger partial charge in [-0.25, -0.2) is 0 Å². The zero-order valence-electron chi connectivity index (χ0n) is 21.4. The van der Waals surface area contributed by atoms with Crippen LogP contribution in [0.1, 0.15) is 52.7 Å². The molecular formula is C33H32BrN. The Morgan fingerprint density at radius 3 is 1.74 bits per heavy atom. The number of hydrogen-bond acceptors (Lipinski definition) is 0. The van der Waals surface area contributed by atoms with Crippen LogP contribution in [0.25, 0.3) is 38.6 Å². The molecule has 176 valence electrons. The summed E-state index contributed by atoms with van der Waals surface area (Å²) in [6.45, 7) is 14.5. The van der Waals surface area contributed by atoms with Crippen molar-refractivity contribution in [2.45, 2.75) is 52.4 Å². The molecule has 35 heavy (non-hydrogen) atoms. The standard InChI is InChI=1S/C33H32BrN/c1-31(2)26-19-25(28(34)20-27(26)32(3,4)33(31,5)6)21-12-11-13-22(18-21)35-29-16-9-7-14-23(29)24-15-8-10-17-30(24)35/h7-20H,1-6H3. The topological polar surface area (TPSA) is 4.93 Å². The third-order valence-electron chi connectivity index (χ3n) is 9.57. The molecule has 0 atom stereocenters. The zero-order valence-corrected chi connectivity index (χ0v) is 23.0. The summed E-state index contributed by atoms with van der Waals surface area (Å²) >= 11 is 3.96. The van der Waals surface area contributed by atoms with Crippen molar-refractivity contribution in [3.63, 3.8) is 0 Å². The number of hydrogen-bond donors (Lipinski definition) is 0. The lowest BCUT2D eigenvalue weighted by Crippen LogP contribution is -2.42. The molecule has 0 unspecified atom stereocenters. The fourth-order valence-corrected chi connectivity index (χ4v) is 6.87. The molecule has 0 saturated carbocycles. The highest BCUT2D eigenvalue weighted by atomic mass is 79.9. The Kier molecular flexibility index (Phi) is 4.74. The Balaban J connectivity index is 1.57. The Labute approximate surface area is 216 Å². The Bertz CT molecular complexity index is 1580. The van der Waals surface area contributed by atoms with Crippen LogP contribution >= 0.6 is 15.9 Å². The summed E-state index contributed by atoms with van der Waals surface area (Å²) in [6.07, 6.45) is 0. The van der Waals surface area contributed by atoms with Crippen molar-refractivity contribution < 1.29 is 0 Å². The maximum atomic E-state index is 3.96. The number of halogens is 1. The van der Waals surface area contributed by atoms with E-state index in [0.717, 1.165) is 4.47 Å². The van der Waals surface area contributed by atoms with Crippen molar-refractivity contribution in [1.82, 2.24) is 4.57 Å². The van der Waals surface area contributed by atoms with Crippen LogP contribution in [-0.4, -0.2) is 4.57 Å². The smallest absolute Gasteiger partial charge is 0.0541 e. The van der Waals surface area contributed by atoms with Gasteiger partial charge in [0.15, 0.2) is 0 Å². The van der Waals surface area contributed by atoms with Crippen LogP contribution in [0.4, 0.5) is 0 Å². The molecule has 2 heteroatoms. The summed E-state index contributed by atoms with van der Waals surface area (Å²) in [5.41, 5.74) is 9.40. The predicted octanol–water partition coefficient (Wildman–Crippen LogP) is 9.81. The van der Waals surface area contributed by atoms with Gasteiger partial charge in [-0.1, -0.05) is 106 Å². The molecule has 0 saturated heterocycles. The molecule has 0 aliphatic heterocycles. The highest BCUT2D eigenvalue weighted by molar-refractivity contribution is 9.10. The number of benzene rings is 4. The largest absolute Gasteiger partial charge is 0.309 e. The lowest BCUT2D eigenvalue weighted by atomic mass is 9.59. The van der Waals surface area contributed by atoms with E-state index in [-0.39, 0.29) is 16.2 Å². The van der Waals surface area contributed by atoms with Gasteiger partial charge in [0.25, 0.3) is 0 Å². The van der Waals surface area contributed by atoms with Gasteiger partial charge in [-0.2, -0.15) is 0 Å². The van der Waals surface area contributed by atoms with Crippen LogP contribution in [0.5, 0.6) is 0 Å². The second kappa shape index (κ2) is 7.34. The molecule has 1 nitrogen and oxygen atoms in total. The molecule has 5 aromatic rings. The van der Waals surface area contributed by atoms with Gasteiger partial charge in [0.2, 0.25) is 0 Å². The molecule has 1 aliphatic rings.